The van der Waals surface area contributed by atoms with E-state index in [1.807, 2.05) is 46.7 Å². The fourth-order valence-corrected chi connectivity index (χ4v) is 7.30. The largest absolute Gasteiger partial charge is 0.459 e. The van der Waals surface area contributed by atoms with Crippen molar-refractivity contribution < 1.29 is 43.9 Å². The molecule has 3 fully saturated rings. The zero-order chi connectivity index (χ0) is 31.0. The second kappa shape index (κ2) is 13.1. The third kappa shape index (κ3) is 6.76. The van der Waals surface area contributed by atoms with Gasteiger partial charge in [0, 0.05) is 23.8 Å². The Morgan fingerprint density at radius 1 is 1.10 bits per heavy atom. The van der Waals surface area contributed by atoms with E-state index in [9.17, 15) is 20.1 Å². The average molecular weight is 587 g/mol. The molecule has 3 rings (SSSR count). The first-order valence-electron chi connectivity index (χ1n) is 15.0. The van der Waals surface area contributed by atoms with Gasteiger partial charge in [-0.15, -0.1) is 0 Å². The molecular formula is C30H54N2O9. The van der Waals surface area contributed by atoms with Crippen molar-refractivity contribution in [1.82, 2.24) is 4.90 Å². The molecule has 3 heterocycles. The Kier molecular flexibility index (Phi) is 10.9. The quantitative estimate of drug-likeness (QED) is 0.325. The summed E-state index contributed by atoms with van der Waals surface area (Å²) in [5, 5.41) is 38.3. The molecule has 3 aliphatic rings. The van der Waals surface area contributed by atoms with Gasteiger partial charge >= 0.3 is 5.97 Å². The summed E-state index contributed by atoms with van der Waals surface area (Å²) in [6, 6.07) is -0.143. The van der Waals surface area contributed by atoms with Gasteiger partial charge < -0.3 is 44.0 Å². The van der Waals surface area contributed by atoms with Gasteiger partial charge in [-0.2, -0.15) is 0 Å². The highest BCUT2D eigenvalue weighted by molar-refractivity contribution is 5.88. The minimum absolute atomic E-state index is 0.122. The minimum Gasteiger partial charge on any atom is -0.459 e. The van der Waals surface area contributed by atoms with Gasteiger partial charge in [0.15, 0.2) is 6.29 Å². The Bertz CT molecular complexity index is 930. The lowest BCUT2D eigenvalue weighted by Gasteiger charge is -2.44. The smallest absolute Gasteiger partial charge is 0.311 e. The van der Waals surface area contributed by atoms with Crippen molar-refractivity contribution in [2.24, 2.45) is 28.8 Å². The number of aliphatic hydroxyl groups is 3. The molecule has 0 unspecified atom stereocenters. The van der Waals surface area contributed by atoms with Crippen LogP contribution in [-0.2, 0) is 28.6 Å². The van der Waals surface area contributed by atoms with Crippen LogP contribution in [-0.4, -0.2) is 113 Å². The number of esters is 1. The van der Waals surface area contributed by atoms with E-state index >= 15 is 0 Å². The molecule has 11 heteroatoms. The standard InChI is InChI=1S/C30H54N2O9/c1-12-21-30(8,36)25(34)17(4)22(31-37-11)15(2)14-29(7)26(18(5)24(41-29)19(6)27(35)39-21)40-28-23(33)20(32(9)10)13-16(3)38-28/h15-21,23-26,28,33-34,36H,12-14H2,1-11H3/b31-22-/t15-,16-,17+,18+,19-,20+,21-,23-,24+,25-,26-,28+,29-,30-/m1/s1. The Labute approximate surface area is 245 Å². The first-order chi connectivity index (χ1) is 19.0. The predicted octanol–water partition coefficient (Wildman–Crippen LogP) is 2.34. The van der Waals surface area contributed by atoms with E-state index in [-0.39, 0.29) is 24.0 Å². The third-order valence-corrected chi connectivity index (χ3v) is 9.66. The van der Waals surface area contributed by atoms with Crippen LogP contribution in [0.25, 0.3) is 0 Å². The molecule has 0 amide bonds. The van der Waals surface area contributed by atoms with E-state index in [2.05, 4.69) is 5.16 Å². The van der Waals surface area contributed by atoms with Gasteiger partial charge in [0.05, 0.1) is 41.6 Å². The molecule has 0 aromatic heterocycles. The maximum atomic E-state index is 13.5. The van der Waals surface area contributed by atoms with Crippen molar-refractivity contribution in [2.45, 2.75) is 135 Å². The summed E-state index contributed by atoms with van der Waals surface area (Å²) >= 11 is 0. The maximum Gasteiger partial charge on any atom is 0.311 e. The molecule has 0 saturated carbocycles. The third-order valence-electron chi connectivity index (χ3n) is 9.66. The van der Waals surface area contributed by atoms with Crippen LogP contribution in [0.1, 0.15) is 74.7 Å². The number of carbonyl (C=O) groups excluding carboxylic acids is 1. The summed E-state index contributed by atoms with van der Waals surface area (Å²) in [6.45, 7) is 14.7. The van der Waals surface area contributed by atoms with Gasteiger partial charge in [0.2, 0.25) is 0 Å². The van der Waals surface area contributed by atoms with Crippen LogP contribution in [0.15, 0.2) is 5.16 Å². The maximum absolute atomic E-state index is 13.5. The monoisotopic (exact) mass is 586 g/mol. The lowest BCUT2D eigenvalue weighted by molar-refractivity contribution is -0.283. The lowest BCUT2D eigenvalue weighted by atomic mass is 9.75. The molecule has 238 valence electrons. The number of hydrogen-bond acceptors (Lipinski definition) is 11. The first kappa shape index (κ1) is 34.2. The van der Waals surface area contributed by atoms with Gasteiger partial charge in [-0.1, -0.05) is 32.9 Å². The van der Waals surface area contributed by atoms with E-state index in [4.69, 9.17) is 23.8 Å². The highest BCUT2D eigenvalue weighted by Crippen LogP contribution is 2.46. The topological polar surface area (TPSA) is 140 Å². The normalized spacial score (nSPS) is 49.2. The number of hydrogen-bond donors (Lipinski definition) is 3. The van der Waals surface area contributed by atoms with Crippen molar-refractivity contribution in [1.29, 1.82) is 0 Å². The van der Waals surface area contributed by atoms with E-state index in [0.717, 1.165) is 0 Å². The van der Waals surface area contributed by atoms with Crippen molar-refractivity contribution >= 4 is 11.7 Å². The van der Waals surface area contributed by atoms with Gasteiger partial charge in [0.1, 0.15) is 24.9 Å². The number of nitrogens with zero attached hydrogens (tertiary/aromatic N) is 2. The zero-order valence-electron chi connectivity index (χ0n) is 26.7. The molecule has 41 heavy (non-hydrogen) atoms. The number of carbonyl (C=O) groups is 1. The summed E-state index contributed by atoms with van der Waals surface area (Å²) in [5.41, 5.74) is -2.11. The number of likely N-dealkylation sites (N-methyl/N-ethyl adjacent to an activating group) is 1. The summed E-state index contributed by atoms with van der Waals surface area (Å²) in [6.07, 6.45) is -3.87. The van der Waals surface area contributed by atoms with Crippen LogP contribution >= 0.6 is 0 Å². The molecular weight excluding hydrogens is 532 g/mol. The average Bonchev–Trinajstić information content (AvgIpc) is 3.14. The van der Waals surface area contributed by atoms with Gasteiger partial charge in [-0.3, -0.25) is 4.79 Å². The lowest BCUT2D eigenvalue weighted by Crippen LogP contribution is -2.57. The highest BCUT2D eigenvalue weighted by Gasteiger charge is 2.57. The Balaban J connectivity index is 2.06. The number of rotatable bonds is 5. The van der Waals surface area contributed by atoms with Crippen molar-refractivity contribution in [3.63, 3.8) is 0 Å². The number of ether oxygens (including phenoxy) is 4. The van der Waals surface area contributed by atoms with Crippen molar-refractivity contribution in [3.05, 3.63) is 0 Å². The predicted molar refractivity (Wildman–Crippen MR) is 153 cm³/mol. The van der Waals surface area contributed by atoms with Crippen LogP contribution in [0.2, 0.25) is 0 Å². The van der Waals surface area contributed by atoms with Crippen LogP contribution in [0.3, 0.4) is 0 Å². The van der Waals surface area contributed by atoms with Crippen LogP contribution in [0, 0.1) is 23.7 Å². The number of aliphatic hydroxyl groups excluding tert-OH is 2. The summed E-state index contributed by atoms with van der Waals surface area (Å²) < 4.78 is 25.3. The van der Waals surface area contributed by atoms with Crippen molar-refractivity contribution in [3.8, 4) is 0 Å². The molecule has 14 atom stereocenters. The van der Waals surface area contributed by atoms with Gasteiger partial charge in [-0.05, 0) is 61.1 Å². The van der Waals surface area contributed by atoms with Crippen LogP contribution in [0.5, 0.6) is 0 Å². The van der Waals surface area contributed by atoms with Crippen LogP contribution in [0.4, 0.5) is 0 Å². The molecule has 3 N–H and O–H groups in total. The summed E-state index contributed by atoms with van der Waals surface area (Å²) in [4.78, 5) is 20.7. The summed E-state index contributed by atoms with van der Waals surface area (Å²) in [7, 11) is 5.30. The molecule has 3 aliphatic heterocycles. The van der Waals surface area contributed by atoms with E-state index in [1.54, 1.807) is 20.8 Å². The second-order valence-corrected chi connectivity index (χ2v) is 13.3. The number of oxime groups is 1. The Morgan fingerprint density at radius 2 is 1.73 bits per heavy atom. The van der Waals surface area contributed by atoms with Crippen molar-refractivity contribution in [2.75, 3.05) is 21.2 Å². The van der Waals surface area contributed by atoms with Gasteiger partial charge in [-0.25, -0.2) is 0 Å². The molecule has 0 aromatic rings. The van der Waals surface area contributed by atoms with E-state index in [0.29, 0.717) is 25.0 Å². The molecule has 11 nitrogen and oxygen atoms in total. The number of cyclic esters (lactones) is 1. The second-order valence-electron chi connectivity index (χ2n) is 13.3. The fourth-order valence-electron chi connectivity index (χ4n) is 7.30. The Morgan fingerprint density at radius 3 is 2.29 bits per heavy atom. The molecule has 0 spiro atoms. The SMILES string of the molecule is CC[C@H]1OC(=O)[C@H](C)[C@H]2O[C@](C)(C[C@@H](C)/C(=N/OC)[C@H](C)[C@@H](O)[C@]1(C)O)[C@H](O[C@@H]1O[C@H](C)C[C@H](N(C)C)[C@H]1O)[C@H]2C. The Hall–Kier alpha value is -1.34. The summed E-state index contributed by atoms with van der Waals surface area (Å²) in [5.74, 6) is -2.38. The van der Waals surface area contributed by atoms with E-state index < -0.39 is 65.8 Å². The van der Waals surface area contributed by atoms with Crippen LogP contribution < -0.4 is 0 Å². The molecule has 0 aromatic carbocycles. The first-order valence-corrected chi connectivity index (χ1v) is 15.0. The minimum atomic E-state index is -1.74. The molecule has 0 radical (unpaired) electrons. The van der Waals surface area contributed by atoms with Gasteiger partial charge in [0.25, 0.3) is 0 Å². The molecule has 0 aliphatic carbocycles. The highest BCUT2D eigenvalue weighted by atomic mass is 16.7. The molecule has 3 saturated heterocycles. The molecule has 2 bridgehead atoms. The zero-order valence-corrected chi connectivity index (χ0v) is 26.7. The number of fused-ring (bicyclic) bond motifs is 2. The fraction of sp³-hybridized carbons (Fsp3) is 0.933. The van der Waals surface area contributed by atoms with E-state index in [1.165, 1.54) is 14.0 Å².